The Morgan fingerprint density at radius 3 is 1.46 bits per heavy atom. The van der Waals surface area contributed by atoms with Gasteiger partial charge in [-0.3, -0.25) is 0 Å². The fourth-order valence-electron chi connectivity index (χ4n) is 18.2. The van der Waals surface area contributed by atoms with E-state index in [1.165, 1.54) is 151 Å². The number of anilines is 3. The summed E-state index contributed by atoms with van der Waals surface area (Å²) in [4.78, 5) is 2.63. The highest BCUT2D eigenvalue weighted by Gasteiger charge is 2.69. The van der Waals surface area contributed by atoms with Crippen LogP contribution >= 0.6 is 0 Å². The molecule has 2 spiro atoms. The summed E-state index contributed by atoms with van der Waals surface area (Å²) in [7, 11) is 11.7. The molecule has 5 aliphatic rings. The molecule has 0 aromatic heterocycles. The molecule has 0 saturated heterocycles. The van der Waals surface area contributed by atoms with Gasteiger partial charge in [0.1, 0.15) is 39.2 Å². The Morgan fingerprint density at radius 2 is 0.802 bits per heavy atom. The van der Waals surface area contributed by atoms with E-state index in [9.17, 15) is 0 Å². The van der Waals surface area contributed by atoms with Gasteiger partial charge in [-0.15, -0.1) is 5.46 Å². The molecule has 3 saturated carbocycles. The van der Waals surface area contributed by atoms with E-state index in [1.54, 1.807) is 27.8 Å². The molecule has 0 amide bonds. The molecule has 81 heavy (non-hydrogen) atoms. The number of hydrogen-bond acceptors (Lipinski definition) is 1. The first-order valence-corrected chi connectivity index (χ1v) is 30.3. The van der Waals surface area contributed by atoms with Gasteiger partial charge in [-0.1, -0.05) is 222 Å². The summed E-state index contributed by atoms with van der Waals surface area (Å²) in [5.41, 5.74) is 33.0. The largest absolute Gasteiger partial charge is 0.312 e. The first kappa shape index (κ1) is 50.3. The van der Waals surface area contributed by atoms with Crippen LogP contribution in [0.4, 0.5) is 17.1 Å². The van der Waals surface area contributed by atoms with Crippen LogP contribution in [0, 0.1) is 12.8 Å². The first-order valence-electron chi connectivity index (χ1n) is 30.3. The maximum Gasteiger partial charge on any atom is 0.141 e. The highest BCUT2D eigenvalue weighted by atomic mass is 15.1. The number of rotatable bonds is 7. The third kappa shape index (κ3) is 7.57. The highest BCUT2D eigenvalue weighted by Crippen LogP contribution is 2.75. The SMILES string of the molecule is Bc1c(B)c(B)c(N(c2ccc(-c3ccc(-c4ccccc4)cc3)cc2)c2ccc3c(c2)-c2ccccc2C2CC34CCCC3(c5ccccc5-c5ccccc5C)CCC5CC(C2)(c2ccccc2-c2ccccc25)C34)c(B)c1B. The van der Waals surface area contributed by atoms with E-state index in [0.717, 1.165) is 6.42 Å². The summed E-state index contributed by atoms with van der Waals surface area (Å²) < 4.78 is 0. The number of aryl methyl sites for hydroxylation is 1. The molecule has 3 fully saturated rings. The third-order valence-electron chi connectivity index (χ3n) is 21.9. The highest BCUT2D eigenvalue weighted by molar-refractivity contribution is 6.69. The van der Waals surface area contributed by atoms with Crippen LogP contribution in [0.5, 0.6) is 0 Å². The van der Waals surface area contributed by atoms with Gasteiger partial charge in [-0.2, -0.15) is 0 Å². The van der Waals surface area contributed by atoms with E-state index in [2.05, 4.69) is 269 Å². The molecular weight excluding hydrogens is 969 g/mol. The predicted octanol–water partition coefficient (Wildman–Crippen LogP) is 11.2. The topological polar surface area (TPSA) is 3.24 Å². The van der Waals surface area contributed by atoms with Crippen molar-refractivity contribution < 1.29 is 0 Å². The maximum atomic E-state index is 2.69. The molecule has 0 N–H and O–H groups in total. The van der Waals surface area contributed by atoms with Crippen molar-refractivity contribution in [3.05, 3.63) is 252 Å². The van der Waals surface area contributed by atoms with E-state index in [4.69, 9.17) is 0 Å². The lowest BCUT2D eigenvalue weighted by molar-refractivity contribution is -0.0339. The minimum atomic E-state index is -0.114. The second kappa shape index (κ2) is 19.2. The van der Waals surface area contributed by atoms with Crippen molar-refractivity contribution in [2.75, 3.05) is 4.90 Å². The molecule has 0 aliphatic heterocycles. The van der Waals surface area contributed by atoms with Gasteiger partial charge in [0.2, 0.25) is 0 Å². The quantitative estimate of drug-likeness (QED) is 0.144. The molecule has 6 heteroatoms. The Bertz CT molecular complexity index is 4100. The van der Waals surface area contributed by atoms with Crippen LogP contribution in [0.15, 0.2) is 218 Å². The molecule has 5 aliphatic carbocycles. The van der Waals surface area contributed by atoms with Crippen molar-refractivity contribution in [3.8, 4) is 55.6 Å². The molecule has 1 nitrogen and oxygen atoms in total. The number of nitrogens with zero attached hydrogens (tertiary/aromatic N) is 1. The van der Waals surface area contributed by atoms with Gasteiger partial charge in [0, 0.05) is 33.3 Å². The lowest BCUT2D eigenvalue weighted by Crippen LogP contribution is -2.63. The average Bonchev–Trinajstić information content (AvgIpc) is 4.07. The van der Waals surface area contributed by atoms with Crippen molar-refractivity contribution in [2.45, 2.75) is 86.4 Å². The van der Waals surface area contributed by atoms with Gasteiger partial charge >= 0.3 is 0 Å². The third-order valence-corrected chi connectivity index (χ3v) is 21.9. The average molecular weight is 1040 g/mol. The van der Waals surface area contributed by atoms with Crippen LogP contribution < -0.4 is 32.2 Å². The molecule has 0 heterocycles. The standard InChI is InChI=1S/C75H68B5N/c1-46-16-5-6-19-55(46)60-24-11-13-26-63(60)73-39-15-40-74-44-52(45-75(72(73)74)43-51(38-41-73)56-20-7-9-22-58(56)61-25-12-14-27-64(61)75)57-21-8-10-23-59(57)62-42-54(36-37-65(62)74)81(71-69(79)67(77)66(76)68(78)70(71)80)53-34-32-50(33-35-53)49-30-28-48(29-31-49)47-17-3-2-4-18-47/h2-14,16-37,42,51-52,72H,15,38-41,43-45,76-80H2,1H3. The molecule has 6 atom stereocenters. The van der Waals surface area contributed by atoms with Gasteiger partial charge in [-0.05, 0) is 183 Å². The second-order valence-electron chi connectivity index (χ2n) is 25.4. The van der Waals surface area contributed by atoms with Crippen LogP contribution in [0.25, 0.3) is 55.6 Å². The van der Waals surface area contributed by atoms with Crippen LogP contribution in [0.3, 0.4) is 0 Å². The maximum absolute atomic E-state index is 2.69. The Labute approximate surface area is 485 Å². The van der Waals surface area contributed by atoms with E-state index < -0.39 is 0 Å². The van der Waals surface area contributed by atoms with Gasteiger partial charge in [0.25, 0.3) is 0 Å². The predicted molar refractivity (Wildman–Crippen MR) is 358 cm³/mol. The fourth-order valence-corrected chi connectivity index (χ4v) is 18.2. The van der Waals surface area contributed by atoms with Crippen molar-refractivity contribution in [3.63, 3.8) is 0 Å². The Morgan fingerprint density at radius 1 is 0.358 bits per heavy atom. The molecule has 4 bridgehead atoms. The molecule has 0 radical (unpaired) electrons. The summed E-state index contributed by atoms with van der Waals surface area (Å²) in [5.74, 6) is 1.20. The van der Waals surface area contributed by atoms with Gasteiger partial charge in [0.15, 0.2) is 0 Å². The van der Waals surface area contributed by atoms with Crippen molar-refractivity contribution in [2.24, 2.45) is 5.92 Å². The minimum Gasteiger partial charge on any atom is -0.312 e. The minimum absolute atomic E-state index is 0.0798. The summed E-state index contributed by atoms with van der Waals surface area (Å²) in [5, 5.41) is 0. The van der Waals surface area contributed by atoms with Crippen molar-refractivity contribution in [1.82, 2.24) is 0 Å². The van der Waals surface area contributed by atoms with Gasteiger partial charge < -0.3 is 4.90 Å². The monoisotopic (exact) mass is 1040 g/mol. The van der Waals surface area contributed by atoms with Crippen LogP contribution in [0.2, 0.25) is 0 Å². The Balaban J connectivity index is 0.975. The molecule has 10 aromatic rings. The first-order chi connectivity index (χ1) is 39.6. The zero-order chi connectivity index (χ0) is 54.8. The molecule has 10 aromatic carbocycles. The summed E-state index contributed by atoms with van der Waals surface area (Å²) >= 11 is 0. The van der Waals surface area contributed by atoms with E-state index in [0.29, 0.717) is 17.8 Å². The van der Waals surface area contributed by atoms with Crippen molar-refractivity contribution >= 4 is 83.6 Å². The van der Waals surface area contributed by atoms with E-state index in [1.807, 2.05) is 0 Å². The summed E-state index contributed by atoms with van der Waals surface area (Å²) in [6, 6.07) is 85.4. The number of benzene rings is 10. The van der Waals surface area contributed by atoms with Gasteiger partial charge in [0.05, 0.1) is 0 Å². The molecular formula is C75H68B5N. The normalized spacial score (nSPS) is 22.8. The zero-order valence-electron chi connectivity index (χ0n) is 48.1. The van der Waals surface area contributed by atoms with E-state index in [-0.39, 0.29) is 16.2 Å². The molecule has 15 rings (SSSR count). The molecule has 6 unspecified atom stereocenters. The summed E-state index contributed by atoms with van der Waals surface area (Å²) in [6.07, 6.45) is 9.48. The lowest BCUT2D eigenvalue weighted by Gasteiger charge is -2.66. The fraction of sp³-hybridized carbons (Fsp3) is 0.200. The van der Waals surface area contributed by atoms with Gasteiger partial charge in [-0.25, -0.2) is 0 Å². The second-order valence-corrected chi connectivity index (χ2v) is 25.4. The van der Waals surface area contributed by atoms with Crippen LogP contribution in [0.1, 0.15) is 96.6 Å². The smallest absolute Gasteiger partial charge is 0.141 e. The van der Waals surface area contributed by atoms with Crippen LogP contribution in [-0.4, -0.2) is 39.2 Å². The van der Waals surface area contributed by atoms with Crippen LogP contribution in [-0.2, 0) is 16.2 Å². The zero-order valence-corrected chi connectivity index (χ0v) is 48.1. The number of fused-ring (bicyclic) bond motifs is 10. The summed E-state index contributed by atoms with van der Waals surface area (Å²) in [6.45, 7) is 2.33. The number of hydrogen-bond donors (Lipinski definition) is 0. The van der Waals surface area contributed by atoms with Crippen molar-refractivity contribution in [1.29, 1.82) is 0 Å². The molecule has 388 valence electrons. The van der Waals surface area contributed by atoms with E-state index >= 15 is 0 Å². The lowest BCUT2D eigenvalue weighted by atomic mass is 9.37. The Hall–Kier alpha value is -7.68. The Kier molecular flexibility index (Phi) is 11.9.